The van der Waals surface area contributed by atoms with Crippen molar-refractivity contribution in [3.05, 3.63) is 35.8 Å². The number of carboxylic acid groups (broad SMARTS) is 1. The zero-order valence-corrected chi connectivity index (χ0v) is 18.8. The van der Waals surface area contributed by atoms with Gasteiger partial charge in [0.2, 0.25) is 12.2 Å². The smallest absolute Gasteiger partial charge is 0.335 e. The van der Waals surface area contributed by atoms with Crippen LogP contribution < -0.4 is 0 Å². The molecule has 4 rings (SSSR count). The number of rotatable bonds is 7. The van der Waals surface area contributed by atoms with E-state index in [1.165, 1.54) is 4.90 Å². The van der Waals surface area contributed by atoms with Crippen molar-refractivity contribution in [2.45, 2.75) is 69.2 Å². The average Bonchev–Trinajstić information content (AvgIpc) is 3.39. The number of carbonyl (C=O) groups is 3. The van der Waals surface area contributed by atoms with Crippen molar-refractivity contribution < 1.29 is 55.2 Å². The van der Waals surface area contributed by atoms with Gasteiger partial charge in [-0.3, -0.25) is 9.59 Å². The van der Waals surface area contributed by atoms with Crippen molar-refractivity contribution in [3.63, 3.8) is 0 Å². The van der Waals surface area contributed by atoms with Crippen molar-refractivity contribution in [2.24, 2.45) is 17.7 Å². The molecule has 8 atom stereocenters. The van der Waals surface area contributed by atoms with E-state index in [1.54, 1.807) is 0 Å². The Balaban J connectivity index is 1.74. The van der Waals surface area contributed by atoms with Gasteiger partial charge in [-0.2, -0.15) is 0 Å². The van der Waals surface area contributed by atoms with Gasteiger partial charge in [0, 0.05) is 23.6 Å². The van der Waals surface area contributed by atoms with Crippen molar-refractivity contribution in [1.82, 2.24) is 4.90 Å². The molecule has 0 bridgehead atoms. The molecule has 10 nitrogen and oxygen atoms in total. The Labute approximate surface area is 214 Å². The number of carbonyl (C=O) groups excluding carboxylic acids is 2. The molecule has 0 radical (unpaired) electrons. The summed E-state index contributed by atoms with van der Waals surface area (Å²) in [5, 5.41) is 39.7. The van der Waals surface area contributed by atoms with Gasteiger partial charge in [0.15, 0.2) is 6.10 Å². The molecule has 2 saturated heterocycles. The van der Waals surface area contributed by atoms with E-state index in [0.29, 0.717) is 13.1 Å². The number of carboxylic acids is 1. The molecular formula is C25H33NO9. The topological polar surface area (TPSA) is 154 Å². The summed E-state index contributed by atoms with van der Waals surface area (Å²) < 4.78 is 76.8. The molecule has 0 aromatic heterocycles. The minimum absolute atomic E-state index is 0.175. The standard InChI is InChI=1S/C25H33NO9/c27-18(26-12-15-8-4-5-9-16(15)13-26)11-17(10-14-6-2-1-3-7-14)24(33)35-25-21(30)19(28)20(29)22(34-25)23(31)32/h1-3,6-7,15-17,19-22,25,28-30H,4-5,8-13H2,(H,31,32)/t15-,16+,17?,19-,20-,21+,22-,25-/m0/s1/i1D,2D,3D,6D,7D,10D2,17D. The van der Waals surface area contributed by atoms with Crippen LogP contribution in [0.4, 0.5) is 0 Å². The van der Waals surface area contributed by atoms with Crippen molar-refractivity contribution >= 4 is 17.8 Å². The van der Waals surface area contributed by atoms with Crippen LogP contribution in [0.3, 0.4) is 0 Å². The molecule has 3 fully saturated rings. The fourth-order valence-electron chi connectivity index (χ4n) is 4.83. The van der Waals surface area contributed by atoms with Crippen LogP contribution in [0.25, 0.3) is 0 Å². The van der Waals surface area contributed by atoms with Gasteiger partial charge in [-0.1, -0.05) is 43.1 Å². The number of aliphatic carboxylic acids is 1. The molecule has 1 amide bonds. The van der Waals surface area contributed by atoms with Crippen LogP contribution in [-0.4, -0.2) is 87.0 Å². The largest absolute Gasteiger partial charge is 0.479 e. The first kappa shape index (κ1) is 17.0. The molecule has 1 unspecified atom stereocenters. The number of nitrogens with zero attached hydrogens (tertiary/aromatic N) is 1. The monoisotopic (exact) mass is 499 g/mol. The quantitative estimate of drug-likeness (QED) is 0.388. The van der Waals surface area contributed by atoms with Gasteiger partial charge in [0.1, 0.15) is 18.3 Å². The summed E-state index contributed by atoms with van der Waals surface area (Å²) in [4.78, 5) is 40.1. The fourth-order valence-corrected chi connectivity index (χ4v) is 4.83. The number of hydrogen-bond donors (Lipinski definition) is 4. The minimum Gasteiger partial charge on any atom is -0.479 e. The second-order valence-corrected chi connectivity index (χ2v) is 9.02. The highest BCUT2D eigenvalue weighted by molar-refractivity contribution is 5.83. The van der Waals surface area contributed by atoms with E-state index in [9.17, 15) is 34.8 Å². The summed E-state index contributed by atoms with van der Waals surface area (Å²) in [5.41, 5.74) is -1.10. The van der Waals surface area contributed by atoms with Crippen LogP contribution in [-0.2, 0) is 30.2 Å². The molecule has 1 saturated carbocycles. The molecule has 4 N–H and O–H groups in total. The summed E-state index contributed by atoms with van der Waals surface area (Å²) in [5.74, 6) is -7.60. The lowest BCUT2D eigenvalue weighted by Crippen LogP contribution is -2.60. The maximum Gasteiger partial charge on any atom is 0.335 e. The maximum absolute atomic E-state index is 13.7. The lowest BCUT2D eigenvalue weighted by atomic mass is 9.82. The van der Waals surface area contributed by atoms with E-state index in [-0.39, 0.29) is 11.8 Å². The van der Waals surface area contributed by atoms with Crippen LogP contribution >= 0.6 is 0 Å². The average molecular weight is 500 g/mol. The molecule has 2 aliphatic heterocycles. The number of aliphatic hydroxyl groups excluding tert-OH is 3. The van der Waals surface area contributed by atoms with Gasteiger partial charge in [-0.15, -0.1) is 0 Å². The van der Waals surface area contributed by atoms with Gasteiger partial charge < -0.3 is 34.8 Å². The summed E-state index contributed by atoms with van der Waals surface area (Å²) in [7, 11) is 0. The molecule has 1 aromatic rings. The normalized spacial score (nSPS) is 38.1. The number of aliphatic hydroxyl groups is 3. The third-order valence-electron chi connectivity index (χ3n) is 6.72. The number of hydrogen-bond acceptors (Lipinski definition) is 8. The van der Waals surface area contributed by atoms with Crippen molar-refractivity contribution in [1.29, 1.82) is 0 Å². The van der Waals surface area contributed by atoms with Crippen LogP contribution in [0.2, 0.25) is 0 Å². The van der Waals surface area contributed by atoms with Gasteiger partial charge >= 0.3 is 11.9 Å². The number of esters is 1. The molecule has 1 aromatic carbocycles. The summed E-state index contributed by atoms with van der Waals surface area (Å²) in [6.45, 7) is 0.586. The number of amides is 1. The van der Waals surface area contributed by atoms with E-state index < -0.39 is 103 Å². The molecule has 35 heavy (non-hydrogen) atoms. The first-order valence-electron chi connectivity index (χ1n) is 15.4. The Morgan fingerprint density at radius 3 is 2.31 bits per heavy atom. The maximum atomic E-state index is 13.7. The van der Waals surface area contributed by atoms with Crippen molar-refractivity contribution in [3.8, 4) is 0 Å². The van der Waals surface area contributed by atoms with Gasteiger partial charge in [0.25, 0.3) is 0 Å². The highest BCUT2D eigenvalue weighted by Gasteiger charge is 2.49. The Kier molecular flexibility index (Phi) is 5.36. The predicted octanol–water partition coefficient (Wildman–Crippen LogP) is 0.319. The van der Waals surface area contributed by atoms with Crippen LogP contribution in [0, 0.1) is 17.7 Å². The number of likely N-dealkylation sites (tertiary alicyclic amines) is 1. The van der Waals surface area contributed by atoms with Crippen LogP contribution in [0.1, 0.15) is 48.6 Å². The predicted molar refractivity (Wildman–Crippen MR) is 121 cm³/mol. The summed E-state index contributed by atoms with van der Waals surface area (Å²) in [6, 6.07) is -4.93. The molecule has 3 aliphatic rings. The highest BCUT2D eigenvalue weighted by Crippen LogP contribution is 2.36. The molecule has 192 valence electrons. The Morgan fingerprint density at radius 1 is 1.09 bits per heavy atom. The molecular weight excluding hydrogens is 458 g/mol. The number of ether oxygens (including phenoxy) is 2. The van der Waals surface area contributed by atoms with Gasteiger partial charge in [-0.05, 0) is 36.6 Å². The third kappa shape index (κ3) is 5.83. The molecule has 10 heteroatoms. The SMILES string of the molecule is [2H]c1c([2H])c([2H])c(C([2H])([2H])C([2H])(CC(=O)N2C[C@H]3CCCC[C@H]3C2)C(=O)O[C@@H]2O[C@H](C(=O)O)[C@@H](O)[C@H](O)[C@H]2O)c([2H])c1[2H]. The second kappa shape index (κ2) is 11.0. The van der Waals surface area contributed by atoms with Crippen LogP contribution in [0.5, 0.6) is 0 Å². The van der Waals surface area contributed by atoms with E-state index in [0.717, 1.165) is 25.7 Å². The molecule has 2 heterocycles. The first-order chi connectivity index (χ1) is 19.9. The Bertz CT molecular complexity index is 1260. The van der Waals surface area contributed by atoms with Gasteiger partial charge in [0.05, 0.1) is 12.7 Å². The number of benzene rings is 1. The zero-order chi connectivity index (χ0) is 32.2. The molecule has 1 aliphatic carbocycles. The summed E-state index contributed by atoms with van der Waals surface area (Å²) >= 11 is 0. The number of fused-ring (bicyclic) bond motifs is 1. The van der Waals surface area contributed by atoms with Gasteiger partial charge in [-0.25, -0.2) is 4.79 Å². The fraction of sp³-hybridized carbons (Fsp3) is 0.640. The van der Waals surface area contributed by atoms with E-state index in [2.05, 4.69) is 0 Å². The Morgan fingerprint density at radius 2 is 1.71 bits per heavy atom. The first-order valence-corrected chi connectivity index (χ1v) is 11.4. The van der Waals surface area contributed by atoms with Crippen LogP contribution in [0.15, 0.2) is 30.2 Å². The molecule has 0 spiro atoms. The van der Waals surface area contributed by atoms with E-state index in [4.69, 9.17) is 20.4 Å². The minimum atomic E-state index is -3.51. The third-order valence-corrected chi connectivity index (χ3v) is 6.72. The lowest BCUT2D eigenvalue weighted by molar-refractivity contribution is -0.287. The van der Waals surface area contributed by atoms with Crippen molar-refractivity contribution in [2.75, 3.05) is 13.1 Å². The van der Waals surface area contributed by atoms with E-state index >= 15 is 0 Å². The lowest BCUT2D eigenvalue weighted by Gasteiger charge is -2.38. The highest BCUT2D eigenvalue weighted by atomic mass is 16.7. The van der Waals surface area contributed by atoms with E-state index in [1.807, 2.05) is 0 Å². The summed E-state index contributed by atoms with van der Waals surface area (Å²) in [6.07, 6.45) is -12.2. The Hall–Kier alpha value is -2.53. The second-order valence-electron chi connectivity index (χ2n) is 9.02. The zero-order valence-electron chi connectivity index (χ0n) is 26.8.